The monoisotopic (exact) mass is 235 g/mol. The van der Waals surface area contributed by atoms with Crippen LogP contribution in [0.1, 0.15) is 32.3 Å². The quantitative estimate of drug-likeness (QED) is 0.874. The third-order valence-corrected chi connectivity index (χ3v) is 3.31. The van der Waals surface area contributed by atoms with Crippen LogP contribution in [0.5, 0.6) is 5.75 Å². The molecule has 0 unspecified atom stereocenters. The highest BCUT2D eigenvalue weighted by atomic mass is 16.5. The Morgan fingerprint density at radius 3 is 2.41 bits per heavy atom. The molecule has 1 saturated heterocycles. The van der Waals surface area contributed by atoms with E-state index >= 15 is 0 Å². The number of ether oxygens (including phenoxy) is 1. The van der Waals surface area contributed by atoms with Crippen molar-refractivity contribution in [3.63, 3.8) is 0 Å². The molecule has 2 rings (SSSR count). The van der Waals surface area contributed by atoms with Crippen LogP contribution in [-0.2, 0) is 5.60 Å². The lowest BCUT2D eigenvalue weighted by Gasteiger charge is -2.25. The molecule has 0 radical (unpaired) electrons. The van der Waals surface area contributed by atoms with Gasteiger partial charge < -0.3 is 14.7 Å². The van der Waals surface area contributed by atoms with Gasteiger partial charge in [0.2, 0.25) is 0 Å². The van der Waals surface area contributed by atoms with Gasteiger partial charge in [0, 0.05) is 24.3 Å². The van der Waals surface area contributed by atoms with Crippen molar-refractivity contribution in [2.45, 2.75) is 32.3 Å². The van der Waals surface area contributed by atoms with Gasteiger partial charge in [0.1, 0.15) is 5.75 Å². The van der Waals surface area contributed by atoms with Gasteiger partial charge in [-0.15, -0.1) is 0 Å². The number of anilines is 1. The Balaban J connectivity index is 2.37. The number of hydrogen-bond donors (Lipinski definition) is 1. The molecule has 94 valence electrons. The van der Waals surface area contributed by atoms with Gasteiger partial charge in [-0.2, -0.15) is 0 Å². The molecule has 1 N–H and O–H groups in total. The van der Waals surface area contributed by atoms with Gasteiger partial charge in [0.15, 0.2) is 0 Å². The average molecular weight is 235 g/mol. The van der Waals surface area contributed by atoms with Crippen LogP contribution in [0.2, 0.25) is 0 Å². The molecule has 0 saturated carbocycles. The second-order valence-corrected chi connectivity index (χ2v) is 5.14. The second kappa shape index (κ2) is 4.57. The van der Waals surface area contributed by atoms with E-state index in [9.17, 15) is 5.11 Å². The third-order valence-electron chi connectivity index (χ3n) is 3.31. The summed E-state index contributed by atoms with van der Waals surface area (Å²) >= 11 is 0. The first-order valence-electron chi connectivity index (χ1n) is 6.18. The lowest BCUT2D eigenvalue weighted by molar-refractivity contribution is 0.0757. The van der Waals surface area contributed by atoms with E-state index in [4.69, 9.17) is 4.74 Å². The van der Waals surface area contributed by atoms with Crippen molar-refractivity contribution in [1.29, 1.82) is 0 Å². The van der Waals surface area contributed by atoms with Crippen LogP contribution in [0.3, 0.4) is 0 Å². The Hall–Kier alpha value is -1.22. The summed E-state index contributed by atoms with van der Waals surface area (Å²) in [5.41, 5.74) is 1.16. The third kappa shape index (κ3) is 2.55. The molecule has 1 heterocycles. The summed E-state index contributed by atoms with van der Waals surface area (Å²) in [6.45, 7) is 5.80. The standard InChI is InChI=1S/C14H21NO2/c1-14(2,16)12-10-11(6-7-13(12)17-3)15-8-4-5-9-15/h6-7,10,16H,4-5,8-9H2,1-3H3. The zero-order valence-electron chi connectivity index (χ0n) is 10.9. The predicted molar refractivity (Wildman–Crippen MR) is 69.7 cm³/mol. The first kappa shape index (κ1) is 12.2. The maximum absolute atomic E-state index is 10.2. The van der Waals surface area contributed by atoms with Crippen LogP contribution in [0.15, 0.2) is 18.2 Å². The number of rotatable bonds is 3. The van der Waals surface area contributed by atoms with Crippen molar-refractivity contribution in [2.75, 3.05) is 25.1 Å². The topological polar surface area (TPSA) is 32.7 Å². The summed E-state index contributed by atoms with van der Waals surface area (Å²) in [7, 11) is 1.64. The highest BCUT2D eigenvalue weighted by Gasteiger charge is 2.23. The minimum absolute atomic E-state index is 0.750. The maximum Gasteiger partial charge on any atom is 0.125 e. The fraction of sp³-hybridized carbons (Fsp3) is 0.571. The molecule has 17 heavy (non-hydrogen) atoms. The van der Waals surface area contributed by atoms with E-state index in [2.05, 4.69) is 11.0 Å². The van der Waals surface area contributed by atoms with E-state index in [1.54, 1.807) is 21.0 Å². The zero-order valence-corrected chi connectivity index (χ0v) is 10.9. The van der Waals surface area contributed by atoms with E-state index in [0.29, 0.717) is 0 Å². The largest absolute Gasteiger partial charge is 0.496 e. The Morgan fingerprint density at radius 1 is 1.24 bits per heavy atom. The van der Waals surface area contributed by atoms with Crippen LogP contribution in [0.4, 0.5) is 5.69 Å². The molecule has 1 aliphatic rings. The van der Waals surface area contributed by atoms with Crippen LogP contribution < -0.4 is 9.64 Å². The van der Waals surface area contributed by atoms with Crippen molar-refractivity contribution in [2.24, 2.45) is 0 Å². The minimum Gasteiger partial charge on any atom is -0.496 e. The zero-order chi connectivity index (χ0) is 12.5. The molecule has 0 spiro atoms. The summed E-state index contributed by atoms with van der Waals surface area (Å²) in [6, 6.07) is 6.06. The first-order valence-corrected chi connectivity index (χ1v) is 6.18. The van der Waals surface area contributed by atoms with E-state index in [-0.39, 0.29) is 0 Å². The Morgan fingerprint density at radius 2 is 1.88 bits per heavy atom. The van der Waals surface area contributed by atoms with Crippen molar-refractivity contribution >= 4 is 5.69 Å². The van der Waals surface area contributed by atoms with Crippen LogP contribution >= 0.6 is 0 Å². The molecule has 0 amide bonds. The smallest absolute Gasteiger partial charge is 0.125 e. The molecule has 3 nitrogen and oxygen atoms in total. The van der Waals surface area contributed by atoms with Gasteiger partial charge in [0.25, 0.3) is 0 Å². The van der Waals surface area contributed by atoms with E-state index < -0.39 is 5.60 Å². The molecule has 1 aromatic rings. The molecule has 0 bridgehead atoms. The molecular weight excluding hydrogens is 214 g/mol. The molecule has 1 fully saturated rings. The number of nitrogens with zero attached hydrogens (tertiary/aromatic N) is 1. The summed E-state index contributed by atoms with van der Waals surface area (Å²) in [5, 5.41) is 10.2. The van der Waals surface area contributed by atoms with Gasteiger partial charge in [-0.25, -0.2) is 0 Å². The number of benzene rings is 1. The molecule has 1 aliphatic heterocycles. The summed E-state index contributed by atoms with van der Waals surface area (Å²) in [4.78, 5) is 2.36. The van der Waals surface area contributed by atoms with E-state index in [0.717, 1.165) is 24.4 Å². The van der Waals surface area contributed by atoms with Crippen LogP contribution in [-0.4, -0.2) is 25.3 Å². The second-order valence-electron chi connectivity index (χ2n) is 5.14. The fourth-order valence-electron chi connectivity index (χ4n) is 2.35. The van der Waals surface area contributed by atoms with Crippen LogP contribution in [0, 0.1) is 0 Å². The predicted octanol–water partition coefficient (Wildman–Crippen LogP) is 2.52. The number of methoxy groups -OCH3 is 1. The van der Waals surface area contributed by atoms with E-state index in [1.165, 1.54) is 18.5 Å². The van der Waals surface area contributed by atoms with Gasteiger partial charge in [-0.3, -0.25) is 0 Å². The van der Waals surface area contributed by atoms with Gasteiger partial charge >= 0.3 is 0 Å². The van der Waals surface area contributed by atoms with Crippen molar-refractivity contribution < 1.29 is 9.84 Å². The fourth-order valence-corrected chi connectivity index (χ4v) is 2.35. The number of hydrogen-bond acceptors (Lipinski definition) is 3. The summed E-state index contributed by atoms with van der Waals surface area (Å²) < 4.78 is 5.31. The highest BCUT2D eigenvalue weighted by molar-refractivity contribution is 5.55. The van der Waals surface area contributed by atoms with Gasteiger partial charge in [-0.05, 0) is 44.9 Å². The molecular formula is C14H21NO2. The lowest BCUT2D eigenvalue weighted by atomic mass is 9.96. The van der Waals surface area contributed by atoms with Crippen molar-refractivity contribution in [3.8, 4) is 5.75 Å². The van der Waals surface area contributed by atoms with Gasteiger partial charge in [-0.1, -0.05) is 0 Å². The molecule has 0 aromatic heterocycles. The number of aliphatic hydroxyl groups is 1. The highest BCUT2D eigenvalue weighted by Crippen LogP contribution is 2.34. The Labute approximate surface area is 103 Å². The molecule has 1 aromatic carbocycles. The Bertz CT molecular complexity index is 390. The van der Waals surface area contributed by atoms with Crippen LogP contribution in [0.25, 0.3) is 0 Å². The van der Waals surface area contributed by atoms with E-state index in [1.807, 2.05) is 12.1 Å². The molecule has 0 atom stereocenters. The van der Waals surface area contributed by atoms with Crippen molar-refractivity contribution in [3.05, 3.63) is 23.8 Å². The Kier molecular flexibility index (Phi) is 3.29. The molecule has 3 heteroatoms. The van der Waals surface area contributed by atoms with Crippen molar-refractivity contribution in [1.82, 2.24) is 0 Å². The van der Waals surface area contributed by atoms with Gasteiger partial charge in [0.05, 0.1) is 12.7 Å². The summed E-state index contributed by atoms with van der Waals surface area (Å²) in [6.07, 6.45) is 2.51. The lowest BCUT2D eigenvalue weighted by Crippen LogP contribution is -2.21. The average Bonchev–Trinajstić information content (AvgIpc) is 2.80. The normalized spacial score (nSPS) is 16.4. The minimum atomic E-state index is -0.874. The summed E-state index contributed by atoms with van der Waals surface area (Å²) in [5.74, 6) is 0.750. The molecule has 0 aliphatic carbocycles. The first-order chi connectivity index (χ1) is 8.02. The SMILES string of the molecule is COc1ccc(N2CCCC2)cc1C(C)(C)O. The maximum atomic E-state index is 10.2.